The van der Waals surface area contributed by atoms with Gasteiger partial charge in [0, 0.05) is 19.4 Å². The first-order chi connectivity index (χ1) is 8.08. The van der Waals surface area contributed by atoms with E-state index < -0.39 is 11.8 Å². The highest BCUT2D eigenvalue weighted by atomic mass is 19.1. The van der Waals surface area contributed by atoms with Crippen LogP contribution >= 0.6 is 0 Å². The van der Waals surface area contributed by atoms with E-state index in [0.29, 0.717) is 5.95 Å². The minimum atomic E-state index is -1.16. The van der Waals surface area contributed by atoms with Gasteiger partial charge in [-0.15, -0.1) is 0 Å². The summed E-state index contributed by atoms with van der Waals surface area (Å²) in [4.78, 5) is 14.6. The summed E-state index contributed by atoms with van der Waals surface area (Å²) in [6.45, 7) is 0. The Labute approximate surface area is 96.5 Å². The zero-order valence-electron chi connectivity index (χ0n) is 9.01. The molecule has 2 rings (SSSR count). The lowest BCUT2D eigenvalue weighted by molar-refractivity contribution is 0.0696. The summed E-state index contributed by atoms with van der Waals surface area (Å²) in [7, 11) is 1.76. The molecule has 2 aromatic rings. The number of rotatable bonds is 3. The van der Waals surface area contributed by atoms with E-state index >= 15 is 0 Å². The van der Waals surface area contributed by atoms with Crippen LogP contribution in [0.1, 0.15) is 10.4 Å². The molecule has 1 aromatic heterocycles. The van der Waals surface area contributed by atoms with Gasteiger partial charge >= 0.3 is 5.97 Å². The number of hydrogen-bond donors (Lipinski definition) is 2. The van der Waals surface area contributed by atoms with Gasteiger partial charge in [0.15, 0.2) is 0 Å². The van der Waals surface area contributed by atoms with Gasteiger partial charge in [-0.3, -0.25) is 0 Å². The number of nitrogens with zero attached hydrogens (tertiary/aromatic N) is 2. The third-order valence-corrected chi connectivity index (χ3v) is 2.28. The highest BCUT2D eigenvalue weighted by Crippen LogP contribution is 2.19. The Morgan fingerprint density at radius 3 is 2.82 bits per heavy atom. The van der Waals surface area contributed by atoms with Crippen molar-refractivity contribution >= 4 is 17.6 Å². The number of aromatic nitrogens is 2. The maximum absolute atomic E-state index is 13.6. The summed E-state index contributed by atoms with van der Waals surface area (Å²) < 4.78 is 15.3. The van der Waals surface area contributed by atoms with Crippen LogP contribution in [0.5, 0.6) is 0 Å². The Bertz CT molecular complexity index is 566. The van der Waals surface area contributed by atoms with Crippen LogP contribution in [0.4, 0.5) is 16.0 Å². The Hall–Kier alpha value is -2.37. The van der Waals surface area contributed by atoms with Crippen molar-refractivity contribution in [3.63, 3.8) is 0 Å². The molecule has 0 fully saturated rings. The normalized spacial score (nSPS) is 10.2. The molecular formula is C11H10FN3O2. The van der Waals surface area contributed by atoms with E-state index in [9.17, 15) is 9.18 Å². The molecule has 0 aliphatic rings. The van der Waals surface area contributed by atoms with Gasteiger partial charge in [0.1, 0.15) is 5.82 Å². The van der Waals surface area contributed by atoms with Crippen molar-refractivity contribution < 1.29 is 14.3 Å². The zero-order chi connectivity index (χ0) is 12.4. The van der Waals surface area contributed by atoms with Gasteiger partial charge < -0.3 is 15.0 Å². The summed E-state index contributed by atoms with van der Waals surface area (Å²) in [5, 5.41) is 11.5. The molecule has 2 N–H and O–H groups in total. The lowest BCUT2D eigenvalue weighted by Crippen LogP contribution is -2.02. The number of carboxylic acid groups (broad SMARTS) is 1. The van der Waals surface area contributed by atoms with E-state index in [-0.39, 0.29) is 11.3 Å². The fraction of sp³-hybridized carbons (Fsp3) is 0.0909. The molecular weight excluding hydrogens is 225 g/mol. The van der Waals surface area contributed by atoms with Crippen molar-refractivity contribution in [1.29, 1.82) is 0 Å². The number of aryl methyl sites for hydroxylation is 1. The number of carbonyl (C=O) groups is 1. The van der Waals surface area contributed by atoms with Crippen molar-refractivity contribution in [1.82, 2.24) is 9.55 Å². The van der Waals surface area contributed by atoms with Crippen molar-refractivity contribution in [2.24, 2.45) is 7.05 Å². The lowest BCUT2D eigenvalue weighted by Gasteiger charge is -2.07. The number of aromatic carboxylic acids is 1. The zero-order valence-corrected chi connectivity index (χ0v) is 9.01. The number of benzene rings is 1. The topological polar surface area (TPSA) is 67.2 Å². The summed E-state index contributed by atoms with van der Waals surface area (Å²) in [5.74, 6) is -1.31. The van der Waals surface area contributed by atoms with Crippen LogP contribution in [-0.2, 0) is 7.05 Å². The Kier molecular flexibility index (Phi) is 2.78. The van der Waals surface area contributed by atoms with Crippen molar-refractivity contribution in [2.75, 3.05) is 5.32 Å². The average molecular weight is 235 g/mol. The number of nitrogens with one attached hydrogen (secondary N) is 1. The summed E-state index contributed by atoms with van der Waals surface area (Å²) in [6.07, 6.45) is 3.29. The maximum Gasteiger partial charge on any atom is 0.335 e. The SMILES string of the molecule is Cn1ccnc1Nc1ccc(C(=O)O)cc1F. The number of hydrogen-bond acceptors (Lipinski definition) is 3. The number of carboxylic acids is 1. The fourth-order valence-corrected chi connectivity index (χ4v) is 1.36. The van der Waals surface area contributed by atoms with Crippen molar-refractivity contribution in [3.05, 3.63) is 42.0 Å². The van der Waals surface area contributed by atoms with E-state index in [2.05, 4.69) is 10.3 Å². The second kappa shape index (κ2) is 4.25. The molecule has 0 radical (unpaired) electrons. The fourth-order valence-electron chi connectivity index (χ4n) is 1.36. The molecule has 0 aliphatic heterocycles. The Balaban J connectivity index is 2.29. The van der Waals surface area contributed by atoms with Gasteiger partial charge in [0.05, 0.1) is 11.3 Å². The van der Waals surface area contributed by atoms with Gasteiger partial charge in [0.2, 0.25) is 5.95 Å². The predicted octanol–water partition coefficient (Wildman–Crippen LogP) is 2.00. The summed E-state index contributed by atoms with van der Waals surface area (Å²) in [6, 6.07) is 3.66. The summed E-state index contributed by atoms with van der Waals surface area (Å²) in [5.41, 5.74) is 0.0946. The summed E-state index contributed by atoms with van der Waals surface area (Å²) >= 11 is 0. The molecule has 0 amide bonds. The lowest BCUT2D eigenvalue weighted by atomic mass is 10.2. The standard InChI is InChI=1S/C11H10FN3O2/c1-15-5-4-13-11(15)14-9-3-2-7(10(16)17)6-8(9)12/h2-6H,1H3,(H,13,14)(H,16,17). The molecule has 0 aliphatic carbocycles. The van der Waals surface area contributed by atoms with E-state index in [0.717, 1.165) is 6.07 Å². The molecule has 17 heavy (non-hydrogen) atoms. The van der Waals surface area contributed by atoms with Gasteiger partial charge in [-0.1, -0.05) is 0 Å². The number of anilines is 2. The first-order valence-electron chi connectivity index (χ1n) is 4.85. The molecule has 88 valence electrons. The number of halogens is 1. The Morgan fingerprint density at radius 2 is 2.29 bits per heavy atom. The highest BCUT2D eigenvalue weighted by Gasteiger charge is 2.09. The average Bonchev–Trinajstić information content (AvgIpc) is 2.67. The van der Waals surface area contributed by atoms with E-state index in [1.807, 2.05) is 0 Å². The molecule has 0 spiro atoms. The monoisotopic (exact) mass is 235 g/mol. The first-order valence-corrected chi connectivity index (χ1v) is 4.85. The predicted molar refractivity (Wildman–Crippen MR) is 59.9 cm³/mol. The first kappa shape index (κ1) is 11.1. The van der Waals surface area contributed by atoms with Crippen LogP contribution in [0.3, 0.4) is 0 Å². The molecule has 1 aromatic carbocycles. The van der Waals surface area contributed by atoms with Crippen LogP contribution in [0.15, 0.2) is 30.6 Å². The molecule has 0 atom stereocenters. The van der Waals surface area contributed by atoms with Crippen LogP contribution in [0.25, 0.3) is 0 Å². The molecule has 0 saturated carbocycles. The van der Waals surface area contributed by atoms with Crippen molar-refractivity contribution in [3.8, 4) is 0 Å². The molecule has 0 bridgehead atoms. The van der Waals surface area contributed by atoms with Gasteiger partial charge in [0.25, 0.3) is 0 Å². The van der Waals surface area contributed by atoms with E-state index in [1.165, 1.54) is 12.1 Å². The molecule has 6 heteroatoms. The van der Waals surface area contributed by atoms with Crippen LogP contribution in [0, 0.1) is 5.82 Å². The van der Waals surface area contributed by atoms with Gasteiger partial charge in [-0.25, -0.2) is 14.2 Å². The van der Waals surface area contributed by atoms with E-state index in [1.54, 1.807) is 24.0 Å². The van der Waals surface area contributed by atoms with Gasteiger partial charge in [-0.05, 0) is 18.2 Å². The highest BCUT2D eigenvalue weighted by molar-refractivity contribution is 5.88. The molecule has 0 unspecified atom stereocenters. The molecule has 5 nitrogen and oxygen atoms in total. The maximum atomic E-state index is 13.6. The largest absolute Gasteiger partial charge is 0.478 e. The third-order valence-electron chi connectivity index (χ3n) is 2.28. The van der Waals surface area contributed by atoms with Crippen LogP contribution in [0.2, 0.25) is 0 Å². The van der Waals surface area contributed by atoms with Crippen molar-refractivity contribution in [2.45, 2.75) is 0 Å². The van der Waals surface area contributed by atoms with E-state index in [4.69, 9.17) is 5.11 Å². The third kappa shape index (κ3) is 2.25. The smallest absolute Gasteiger partial charge is 0.335 e. The Morgan fingerprint density at radius 1 is 1.53 bits per heavy atom. The van der Waals surface area contributed by atoms with Gasteiger partial charge in [-0.2, -0.15) is 0 Å². The van der Waals surface area contributed by atoms with Crippen LogP contribution < -0.4 is 5.32 Å². The van der Waals surface area contributed by atoms with Crippen LogP contribution in [-0.4, -0.2) is 20.6 Å². The minimum Gasteiger partial charge on any atom is -0.478 e. The second-order valence-electron chi connectivity index (χ2n) is 3.49. The number of imidazole rings is 1. The molecule has 0 saturated heterocycles. The second-order valence-corrected chi connectivity index (χ2v) is 3.49. The molecule has 1 heterocycles. The minimum absolute atomic E-state index is 0.0899. The quantitative estimate of drug-likeness (QED) is 0.853.